The maximum atomic E-state index is 6.06. The number of nitrogens with zero attached hydrogens (tertiary/aromatic N) is 1. The Labute approximate surface area is 119 Å². The van der Waals surface area contributed by atoms with Crippen LogP contribution in [-0.2, 0) is 15.9 Å². The lowest BCUT2D eigenvalue weighted by molar-refractivity contribution is 0.0568. The van der Waals surface area contributed by atoms with Crippen LogP contribution in [0.25, 0.3) is 0 Å². The van der Waals surface area contributed by atoms with Gasteiger partial charge in [0.05, 0.1) is 13.2 Å². The van der Waals surface area contributed by atoms with E-state index in [9.17, 15) is 0 Å². The molecule has 0 radical (unpaired) electrons. The Bertz CT molecular complexity index is 394. The zero-order valence-electron chi connectivity index (χ0n) is 11.0. The smallest absolute Gasteiger partial charge is 0.259 e. The van der Waals surface area contributed by atoms with E-state index in [1.54, 1.807) is 0 Å². The lowest BCUT2D eigenvalue weighted by Gasteiger charge is -2.29. The molecule has 2 rings (SSSR count). The third-order valence-electron chi connectivity index (χ3n) is 3.03. The molecule has 0 amide bonds. The molecule has 1 aliphatic rings. The van der Waals surface area contributed by atoms with E-state index in [2.05, 4.69) is 12.1 Å². The van der Waals surface area contributed by atoms with Crippen LogP contribution in [0.1, 0.15) is 5.56 Å². The molecule has 0 bridgehead atoms. The van der Waals surface area contributed by atoms with Crippen LogP contribution < -0.4 is 5.73 Å². The number of thiocarbonyl (C=S) groups is 1. The summed E-state index contributed by atoms with van der Waals surface area (Å²) in [4.78, 5) is 2.02. The van der Waals surface area contributed by atoms with E-state index in [0.29, 0.717) is 25.0 Å². The van der Waals surface area contributed by atoms with E-state index in [4.69, 9.17) is 27.4 Å². The number of hydrogen-bond acceptors (Lipinski definition) is 4. The highest BCUT2D eigenvalue weighted by atomic mass is 32.1. The molecule has 2 N–H and O–H groups in total. The third-order valence-corrected chi connectivity index (χ3v) is 3.41. The van der Waals surface area contributed by atoms with Crippen LogP contribution in [-0.4, -0.2) is 49.0 Å². The van der Waals surface area contributed by atoms with Crippen LogP contribution >= 0.6 is 12.2 Å². The molecule has 1 heterocycles. The number of morpholine rings is 1. The summed E-state index contributed by atoms with van der Waals surface area (Å²) in [7, 11) is 0. The first-order chi connectivity index (χ1) is 9.25. The maximum absolute atomic E-state index is 6.06. The van der Waals surface area contributed by atoms with Gasteiger partial charge in [-0.25, -0.2) is 0 Å². The molecule has 19 heavy (non-hydrogen) atoms. The summed E-state index contributed by atoms with van der Waals surface area (Å²) in [6.45, 7) is 3.46. The number of rotatable bonds is 4. The second-order valence-electron chi connectivity index (χ2n) is 4.63. The topological polar surface area (TPSA) is 47.7 Å². The normalized spacial score (nSPS) is 17.0. The van der Waals surface area contributed by atoms with Gasteiger partial charge < -0.3 is 20.1 Å². The average molecular weight is 280 g/mol. The first-order valence-corrected chi connectivity index (χ1v) is 6.95. The quantitative estimate of drug-likeness (QED) is 0.840. The third kappa shape index (κ3) is 4.78. The molecule has 1 saturated heterocycles. The van der Waals surface area contributed by atoms with Gasteiger partial charge in [-0.2, -0.15) is 0 Å². The summed E-state index contributed by atoms with van der Waals surface area (Å²) in [5, 5.41) is 0.534. The summed E-state index contributed by atoms with van der Waals surface area (Å²) in [5.41, 5.74) is 7.27. The van der Waals surface area contributed by atoms with Crippen molar-refractivity contribution in [3.8, 4) is 0 Å². The van der Waals surface area contributed by atoms with Crippen molar-refractivity contribution in [1.82, 2.24) is 4.90 Å². The van der Waals surface area contributed by atoms with Crippen LogP contribution in [0.3, 0.4) is 0 Å². The average Bonchev–Trinajstić information content (AvgIpc) is 2.47. The van der Waals surface area contributed by atoms with Gasteiger partial charge in [0.25, 0.3) is 5.17 Å². The molecule has 0 saturated carbocycles. The molecule has 5 heteroatoms. The molecule has 1 fully saturated rings. The Balaban J connectivity index is 1.71. The fraction of sp³-hybridized carbons (Fsp3) is 0.500. The Morgan fingerprint density at radius 2 is 2.00 bits per heavy atom. The van der Waals surface area contributed by atoms with Crippen molar-refractivity contribution in [2.75, 3.05) is 32.9 Å². The van der Waals surface area contributed by atoms with E-state index in [-0.39, 0.29) is 6.04 Å². The largest absolute Gasteiger partial charge is 0.469 e. The standard InChI is InChI=1S/C14H20N2O2S/c15-13(10-12-4-2-1-3-5-12)11-18-14(19)16-6-8-17-9-7-16/h1-5,13H,6-11,15H2/t13-/m1/s1. The predicted octanol–water partition coefficient (Wildman–Crippen LogP) is 1.19. The molecule has 0 aliphatic carbocycles. The van der Waals surface area contributed by atoms with Crippen molar-refractivity contribution in [1.29, 1.82) is 0 Å². The molecular weight excluding hydrogens is 260 g/mol. The lowest BCUT2D eigenvalue weighted by Crippen LogP contribution is -2.42. The van der Waals surface area contributed by atoms with Gasteiger partial charge in [-0.3, -0.25) is 0 Å². The lowest BCUT2D eigenvalue weighted by atomic mass is 10.1. The molecule has 0 aromatic heterocycles. The minimum Gasteiger partial charge on any atom is -0.469 e. The van der Waals surface area contributed by atoms with Crippen molar-refractivity contribution in [3.05, 3.63) is 35.9 Å². The molecule has 1 aromatic rings. The van der Waals surface area contributed by atoms with Crippen LogP contribution in [0.15, 0.2) is 30.3 Å². The highest BCUT2D eigenvalue weighted by molar-refractivity contribution is 7.80. The van der Waals surface area contributed by atoms with Gasteiger partial charge in [-0.1, -0.05) is 30.3 Å². The van der Waals surface area contributed by atoms with Crippen molar-refractivity contribution in [3.63, 3.8) is 0 Å². The van der Waals surface area contributed by atoms with Crippen LogP contribution in [0.2, 0.25) is 0 Å². The fourth-order valence-corrected chi connectivity index (χ4v) is 2.24. The summed E-state index contributed by atoms with van der Waals surface area (Å²) >= 11 is 5.25. The highest BCUT2D eigenvalue weighted by Gasteiger charge is 2.15. The molecule has 0 unspecified atom stereocenters. The molecule has 0 spiro atoms. The van der Waals surface area contributed by atoms with Gasteiger partial charge >= 0.3 is 0 Å². The van der Waals surface area contributed by atoms with Gasteiger partial charge in [-0.15, -0.1) is 0 Å². The zero-order valence-corrected chi connectivity index (χ0v) is 11.8. The Hall–Kier alpha value is -1.17. The molecule has 1 atom stereocenters. The first kappa shape index (κ1) is 14.2. The second-order valence-corrected chi connectivity index (χ2v) is 4.98. The number of ether oxygens (including phenoxy) is 2. The monoisotopic (exact) mass is 280 g/mol. The van der Waals surface area contributed by atoms with Crippen molar-refractivity contribution < 1.29 is 9.47 Å². The van der Waals surface area contributed by atoms with Crippen LogP contribution in [0, 0.1) is 0 Å². The number of hydrogen-bond donors (Lipinski definition) is 1. The minimum absolute atomic E-state index is 0.0404. The maximum Gasteiger partial charge on any atom is 0.259 e. The summed E-state index contributed by atoms with van der Waals surface area (Å²) in [6, 6.07) is 10.1. The molecular formula is C14H20N2O2S. The Morgan fingerprint density at radius 3 is 2.68 bits per heavy atom. The van der Waals surface area contributed by atoms with Crippen molar-refractivity contribution in [2.24, 2.45) is 5.73 Å². The van der Waals surface area contributed by atoms with Gasteiger partial charge in [0, 0.05) is 19.1 Å². The molecule has 4 nitrogen and oxygen atoms in total. The van der Waals surface area contributed by atoms with Crippen molar-refractivity contribution in [2.45, 2.75) is 12.5 Å². The summed E-state index contributed by atoms with van der Waals surface area (Å²) < 4.78 is 10.9. The van der Waals surface area contributed by atoms with E-state index < -0.39 is 0 Å². The van der Waals surface area contributed by atoms with E-state index in [0.717, 1.165) is 19.5 Å². The SMILES string of the molecule is N[C@@H](COC(=S)N1CCOCC1)Cc1ccccc1. The van der Waals surface area contributed by atoms with Gasteiger partial charge in [0.15, 0.2) is 0 Å². The molecule has 104 valence electrons. The van der Waals surface area contributed by atoms with E-state index in [1.807, 2.05) is 23.1 Å². The number of benzene rings is 1. The van der Waals surface area contributed by atoms with Gasteiger partial charge in [0.1, 0.15) is 6.61 Å². The zero-order chi connectivity index (χ0) is 13.5. The van der Waals surface area contributed by atoms with Crippen LogP contribution in [0.5, 0.6) is 0 Å². The first-order valence-electron chi connectivity index (χ1n) is 6.54. The highest BCUT2D eigenvalue weighted by Crippen LogP contribution is 2.04. The summed E-state index contributed by atoms with van der Waals surface area (Å²) in [6.07, 6.45) is 0.798. The van der Waals surface area contributed by atoms with Crippen molar-refractivity contribution >= 4 is 17.4 Å². The summed E-state index contributed by atoms with van der Waals surface area (Å²) in [5.74, 6) is 0. The molecule has 1 aliphatic heterocycles. The predicted molar refractivity (Wildman–Crippen MR) is 79.1 cm³/mol. The van der Waals surface area contributed by atoms with E-state index >= 15 is 0 Å². The van der Waals surface area contributed by atoms with Crippen LogP contribution in [0.4, 0.5) is 0 Å². The Morgan fingerprint density at radius 1 is 1.32 bits per heavy atom. The van der Waals surface area contributed by atoms with Gasteiger partial charge in [0.2, 0.25) is 0 Å². The van der Waals surface area contributed by atoms with E-state index in [1.165, 1.54) is 5.56 Å². The van der Waals surface area contributed by atoms with Gasteiger partial charge in [-0.05, 0) is 24.2 Å². The minimum atomic E-state index is -0.0404. The Kier molecular flexibility index (Phi) is 5.57. The second kappa shape index (κ2) is 7.43. The molecule has 1 aromatic carbocycles. The fourth-order valence-electron chi connectivity index (χ4n) is 1.99. The number of nitrogens with two attached hydrogens (primary N) is 1.